The summed E-state index contributed by atoms with van der Waals surface area (Å²) in [5.41, 5.74) is 1.06. The summed E-state index contributed by atoms with van der Waals surface area (Å²) in [5.74, 6) is -0.283. The lowest BCUT2D eigenvalue weighted by molar-refractivity contribution is -0.115. The van der Waals surface area contributed by atoms with Gasteiger partial charge in [-0.05, 0) is 23.8 Å². The molecule has 0 aliphatic heterocycles. The van der Waals surface area contributed by atoms with Crippen LogP contribution in [-0.4, -0.2) is 25.6 Å². The molecule has 1 amide bonds. The van der Waals surface area contributed by atoms with E-state index in [1.165, 1.54) is 12.3 Å². The summed E-state index contributed by atoms with van der Waals surface area (Å²) in [6.07, 6.45) is 4.26. The van der Waals surface area contributed by atoms with Gasteiger partial charge in [-0.25, -0.2) is 8.42 Å². The molecule has 0 aliphatic carbocycles. The number of carbonyl (C=O) groups is 1. The number of sulfone groups is 1. The first-order chi connectivity index (χ1) is 9.47. The lowest BCUT2D eigenvalue weighted by Crippen LogP contribution is -2.16. The Morgan fingerprint density at radius 2 is 1.95 bits per heavy atom. The van der Waals surface area contributed by atoms with Crippen LogP contribution in [-0.2, 0) is 21.1 Å². The molecule has 20 heavy (non-hydrogen) atoms. The smallest absolute Gasteiger partial charge is 0.228 e. The summed E-state index contributed by atoms with van der Waals surface area (Å²) in [6, 6.07) is 9.91. The molecule has 0 atom stereocenters. The molecule has 0 saturated carbocycles. The maximum absolute atomic E-state index is 11.9. The average molecular weight is 290 g/mol. The van der Waals surface area contributed by atoms with Gasteiger partial charge in [-0.3, -0.25) is 9.78 Å². The monoisotopic (exact) mass is 290 g/mol. The Hall–Kier alpha value is -2.21. The Morgan fingerprint density at radius 1 is 1.20 bits per heavy atom. The fourth-order valence-electron chi connectivity index (χ4n) is 1.83. The molecule has 0 spiro atoms. The molecule has 0 bridgehead atoms. The van der Waals surface area contributed by atoms with Crippen molar-refractivity contribution in [3.05, 3.63) is 54.4 Å². The maximum Gasteiger partial charge on any atom is 0.228 e. The minimum Gasteiger partial charge on any atom is -0.324 e. The number of anilines is 1. The number of aromatic nitrogens is 1. The van der Waals surface area contributed by atoms with E-state index < -0.39 is 9.84 Å². The van der Waals surface area contributed by atoms with Crippen LogP contribution in [0.5, 0.6) is 0 Å². The van der Waals surface area contributed by atoms with Crippen LogP contribution in [0.4, 0.5) is 5.69 Å². The van der Waals surface area contributed by atoms with Crippen molar-refractivity contribution in [1.29, 1.82) is 0 Å². The maximum atomic E-state index is 11.9. The van der Waals surface area contributed by atoms with Crippen molar-refractivity contribution in [3.63, 3.8) is 0 Å². The van der Waals surface area contributed by atoms with E-state index in [-0.39, 0.29) is 17.2 Å². The van der Waals surface area contributed by atoms with Crippen LogP contribution >= 0.6 is 0 Å². The summed E-state index contributed by atoms with van der Waals surface area (Å²) in [4.78, 5) is 16.0. The minimum atomic E-state index is -3.34. The van der Waals surface area contributed by atoms with Gasteiger partial charge in [0.05, 0.1) is 23.2 Å². The molecule has 5 nitrogen and oxygen atoms in total. The molecule has 1 aromatic carbocycles. The fraction of sp³-hybridized carbons (Fsp3) is 0.143. The highest BCUT2D eigenvalue weighted by atomic mass is 32.2. The van der Waals surface area contributed by atoms with Gasteiger partial charge in [0.2, 0.25) is 5.91 Å². The Labute approximate surface area is 117 Å². The summed E-state index contributed by atoms with van der Waals surface area (Å²) in [5, 5.41) is 2.67. The number of benzene rings is 1. The highest BCUT2D eigenvalue weighted by molar-refractivity contribution is 7.90. The molecule has 104 valence electrons. The van der Waals surface area contributed by atoms with Crippen LogP contribution in [0.25, 0.3) is 0 Å². The zero-order valence-corrected chi connectivity index (χ0v) is 11.7. The Morgan fingerprint density at radius 3 is 2.60 bits per heavy atom. The molecule has 0 fully saturated rings. The molecule has 6 heteroatoms. The molecule has 1 aromatic heterocycles. The molecular formula is C14H14N2O3S. The van der Waals surface area contributed by atoms with Crippen molar-refractivity contribution in [2.45, 2.75) is 11.3 Å². The van der Waals surface area contributed by atoms with Gasteiger partial charge < -0.3 is 5.32 Å². The minimum absolute atomic E-state index is 0.00185. The number of nitrogens with zero attached hydrogens (tertiary/aromatic N) is 1. The fourth-order valence-corrected chi connectivity index (χ4v) is 2.77. The predicted octanol–water partition coefficient (Wildman–Crippen LogP) is 1.67. The molecule has 0 saturated heterocycles. The zero-order chi connectivity index (χ0) is 14.6. The second kappa shape index (κ2) is 5.83. The van der Waals surface area contributed by atoms with E-state index in [1.807, 2.05) is 0 Å². The average Bonchev–Trinajstić information content (AvgIpc) is 2.39. The molecule has 1 N–H and O–H groups in total. The predicted molar refractivity (Wildman–Crippen MR) is 76.1 cm³/mol. The number of pyridine rings is 1. The SMILES string of the molecule is CS(=O)(=O)c1ccccc1CC(=O)Nc1cccnc1. The lowest BCUT2D eigenvalue weighted by atomic mass is 10.1. The highest BCUT2D eigenvalue weighted by Gasteiger charge is 2.15. The number of hydrogen-bond donors (Lipinski definition) is 1. The highest BCUT2D eigenvalue weighted by Crippen LogP contribution is 2.16. The van der Waals surface area contributed by atoms with E-state index in [0.717, 1.165) is 6.26 Å². The quantitative estimate of drug-likeness (QED) is 0.929. The molecular weight excluding hydrogens is 276 g/mol. The molecule has 0 unspecified atom stereocenters. The number of hydrogen-bond acceptors (Lipinski definition) is 4. The largest absolute Gasteiger partial charge is 0.324 e. The number of carbonyl (C=O) groups excluding carboxylic acids is 1. The third-order valence-corrected chi connectivity index (χ3v) is 3.87. The third-order valence-electron chi connectivity index (χ3n) is 2.67. The van der Waals surface area contributed by atoms with Crippen molar-refractivity contribution >= 4 is 21.4 Å². The van der Waals surface area contributed by atoms with E-state index in [4.69, 9.17) is 0 Å². The van der Waals surface area contributed by atoms with E-state index in [9.17, 15) is 13.2 Å². The number of amides is 1. The Balaban J connectivity index is 2.17. The van der Waals surface area contributed by atoms with Gasteiger partial charge in [0.15, 0.2) is 9.84 Å². The first-order valence-corrected chi connectivity index (χ1v) is 7.84. The third kappa shape index (κ3) is 3.64. The van der Waals surface area contributed by atoms with Crippen LogP contribution in [0.2, 0.25) is 0 Å². The number of rotatable bonds is 4. The number of nitrogens with one attached hydrogen (secondary N) is 1. The van der Waals surface area contributed by atoms with Gasteiger partial charge in [-0.1, -0.05) is 18.2 Å². The Bertz CT molecular complexity index is 712. The molecule has 1 heterocycles. The van der Waals surface area contributed by atoms with Gasteiger partial charge in [0.1, 0.15) is 0 Å². The van der Waals surface area contributed by atoms with Crippen molar-refractivity contribution in [2.75, 3.05) is 11.6 Å². The second-order valence-corrected chi connectivity index (χ2v) is 6.33. The summed E-state index contributed by atoms with van der Waals surface area (Å²) in [6.45, 7) is 0. The van der Waals surface area contributed by atoms with E-state index >= 15 is 0 Å². The van der Waals surface area contributed by atoms with Gasteiger partial charge in [0.25, 0.3) is 0 Å². The molecule has 0 aliphatic rings. The van der Waals surface area contributed by atoms with Gasteiger partial charge in [0, 0.05) is 12.5 Å². The van der Waals surface area contributed by atoms with E-state index in [1.54, 1.807) is 36.5 Å². The van der Waals surface area contributed by atoms with Crippen molar-refractivity contribution < 1.29 is 13.2 Å². The van der Waals surface area contributed by atoms with Crippen LogP contribution in [0.3, 0.4) is 0 Å². The molecule has 2 aromatic rings. The normalized spacial score (nSPS) is 11.1. The van der Waals surface area contributed by atoms with Crippen molar-refractivity contribution in [3.8, 4) is 0 Å². The van der Waals surface area contributed by atoms with Gasteiger partial charge in [-0.15, -0.1) is 0 Å². The van der Waals surface area contributed by atoms with Crippen LogP contribution in [0.15, 0.2) is 53.7 Å². The van der Waals surface area contributed by atoms with E-state index in [2.05, 4.69) is 10.3 Å². The van der Waals surface area contributed by atoms with Crippen LogP contribution in [0, 0.1) is 0 Å². The van der Waals surface area contributed by atoms with E-state index in [0.29, 0.717) is 11.3 Å². The van der Waals surface area contributed by atoms with Gasteiger partial charge >= 0.3 is 0 Å². The molecule has 2 rings (SSSR count). The first-order valence-electron chi connectivity index (χ1n) is 5.94. The summed E-state index contributed by atoms with van der Waals surface area (Å²) >= 11 is 0. The van der Waals surface area contributed by atoms with Crippen molar-refractivity contribution in [2.24, 2.45) is 0 Å². The van der Waals surface area contributed by atoms with Crippen LogP contribution < -0.4 is 5.32 Å². The Kier molecular flexibility index (Phi) is 4.14. The second-order valence-electron chi connectivity index (χ2n) is 4.35. The standard InChI is InChI=1S/C14H14N2O3S/c1-20(18,19)13-7-3-2-5-11(13)9-14(17)16-12-6-4-8-15-10-12/h2-8,10H,9H2,1H3,(H,16,17). The van der Waals surface area contributed by atoms with Gasteiger partial charge in [-0.2, -0.15) is 0 Å². The summed E-state index contributed by atoms with van der Waals surface area (Å²) in [7, 11) is -3.34. The molecule has 0 radical (unpaired) electrons. The first kappa shape index (κ1) is 14.2. The van der Waals surface area contributed by atoms with Crippen LogP contribution in [0.1, 0.15) is 5.56 Å². The zero-order valence-electron chi connectivity index (χ0n) is 10.9. The summed E-state index contributed by atoms with van der Waals surface area (Å²) < 4.78 is 23.3. The topological polar surface area (TPSA) is 76.1 Å². The van der Waals surface area contributed by atoms with Crippen molar-refractivity contribution in [1.82, 2.24) is 4.98 Å². The lowest BCUT2D eigenvalue weighted by Gasteiger charge is -2.08.